The summed E-state index contributed by atoms with van der Waals surface area (Å²) in [4.78, 5) is 35.3. The Kier molecular flexibility index (Phi) is 7.60. The highest BCUT2D eigenvalue weighted by molar-refractivity contribution is 5.91. The number of amides is 2. The van der Waals surface area contributed by atoms with Gasteiger partial charge in [-0.2, -0.15) is 13.2 Å². The summed E-state index contributed by atoms with van der Waals surface area (Å²) in [6.07, 6.45) is -6.46. The SMILES string of the molecule is CC(C)C(NC(=O)Cc1ccccc1)C(=O)NC(CC(F)(F)F)C(=O)O. The van der Waals surface area contributed by atoms with Crippen LogP contribution in [0.1, 0.15) is 25.8 Å². The number of hydrogen-bond donors (Lipinski definition) is 3. The molecule has 0 heterocycles. The maximum atomic E-state index is 12.4. The predicted molar refractivity (Wildman–Crippen MR) is 87.2 cm³/mol. The highest BCUT2D eigenvalue weighted by atomic mass is 19.4. The van der Waals surface area contributed by atoms with Crippen LogP contribution in [-0.2, 0) is 20.8 Å². The van der Waals surface area contributed by atoms with Crippen LogP contribution in [0.2, 0.25) is 0 Å². The summed E-state index contributed by atoms with van der Waals surface area (Å²) in [6.45, 7) is 3.18. The lowest BCUT2D eigenvalue weighted by Crippen LogP contribution is -2.54. The Morgan fingerprint density at radius 2 is 1.65 bits per heavy atom. The Morgan fingerprint density at radius 3 is 2.12 bits per heavy atom. The third-order valence-corrected chi connectivity index (χ3v) is 3.52. The van der Waals surface area contributed by atoms with Crippen LogP contribution in [-0.4, -0.2) is 41.2 Å². The largest absolute Gasteiger partial charge is 0.480 e. The minimum atomic E-state index is -4.75. The number of rotatable bonds is 8. The van der Waals surface area contributed by atoms with Gasteiger partial charge in [0, 0.05) is 0 Å². The second kappa shape index (κ2) is 9.21. The molecule has 0 saturated heterocycles. The highest BCUT2D eigenvalue weighted by Crippen LogP contribution is 2.21. The van der Waals surface area contributed by atoms with Crippen molar-refractivity contribution >= 4 is 17.8 Å². The summed E-state index contributed by atoms with van der Waals surface area (Å²) < 4.78 is 37.3. The molecule has 2 amide bonds. The van der Waals surface area contributed by atoms with Crippen molar-refractivity contribution in [3.8, 4) is 0 Å². The average Bonchev–Trinajstić information content (AvgIpc) is 2.51. The average molecular weight is 374 g/mol. The van der Waals surface area contributed by atoms with Crippen LogP contribution in [0.5, 0.6) is 0 Å². The van der Waals surface area contributed by atoms with E-state index in [-0.39, 0.29) is 6.42 Å². The number of alkyl halides is 3. The summed E-state index contributed by atoms with van der Waals surface area (Å²) in [7, 11) is 0. The minimum absolute atomic E-state index is 0.0117. The molecule has 3 N–H and O–H groups in total. The first-order chi connectivity index (χ1) is 12.0. The third-order valence-electron chi connectivity index (χ3n) is 3.52. The van der Waals surface area contributed by atoms with Gasteiger partial charge in [0.2, 0.25) is 11.8 Å². The molecule has 1 aromatic rings. The smallest absolute Gasteiger partial charge is 0.391 e. The summed E-state index contributed by atoms with van der Waals surface area (Å²) in [5.74, 6) is -3.71. The standard InChI is InChI=1S/C17H21F3N2O4/c1-10(2)14(22-13(23)8-11-6-4-3-5-7-11)15(24)21-12(16(25)26)9-17(18,19)20/h3-7,10,12,14H,8-9H2,1-2H3,(H,21,24)(H,22,23)(H,25,26). The fourth-order valence-corrected chi connectivity index (χ4v) is 2.23. The zero-order valence-electron chi connectivity index (χ0n) is 14.3. The van der Waals surface area contributed by atoms with E-state index in [2.05, 4.69) is 5.32 Å². The summed E-state index contributed by atoms with van der Waals surface area (Å²) in [6, 6.07) is 5.42. The van der Waals surface area contributed by atoms with Gasteiger partial charge in [-0.15, -0.1) is 0 Å². The number of nitrogens with one attached hydrogen (secondary N) is 2. The third kappa shape index (κ3) is 7.54. The summed E-state index contributed by atoms with van der Waals surface area (Å²) in [5.41, 5.74) is 0.702. The minimum Gasteiger partial charge on any atom is -0.480 e. The van der Waals surface area contributed by atoms with E-state index in [0.717, 1.165) is 0 Å². The first-order valence-electron chi connectivity index (χ1n) is 7.93. The number of carboxylic acid groups (broad SMARTS) is 1. The van der Waals surface area contributed by atoms with Gasteiger partial charge >= 0.3 is 12.1 Å². The van der Waals surface area contributed by atoms with E-state index in [9.17, 15) is 27.6 Å². The molecule has 0 radical (unpaired) electrons. The maximum absolute atomic E-state index is 12.4. The first-order valence-corrected chi connectivity index (χ1v) is 7.93. The van der Waals surface area contributed by atoms with E-state index in [1.54, 1.807) is 44.2 Å². The normalized spacial score (nSPS) is 13.8. The fraction of sp³-hybridized carbons (Fsp3) is 0.471. The van der Waals surface area contributed by atoms with Crippen molar-refractivity contribution in [3.63, 3.8) is 0 Å². The van der Waals surface area contributed by atoms with E-state index >= 15 is 0 Å². The monoisotopic (exact) mass is 374 g/mol. The van der Waals surface area contributed by atoms with Gasteiger partial charge in [0.15, 0.2) is 0 Å². The summed E-state index contributed by atoms with van der Waals surface area (Å²) >= 11 is 0. The molecule has 0 aliphatic carbocycles. The van der Waals surface area contributed by atoms with Crippen molar-refractivity contribution in [1.29, 1.82) is 0 Å². The Labute approximate surface area is 148 Å². The first kappa shape index (κ1) is 21.5. The molecule has 0 saturated carbocycles. The van der Waals surface area contributed by atoms with Gasteiger partial charge in [0.05, 0.1) is 12.8 Å². The molecule has 0 bridgehead atoms. The topological polar surface area (TPSA) is 95.5 Å². The van der Waals surface area contributed by atoms with Crippen LogP contribution in [0.3, 0.4) is 0 Å². The maximum Gasteiger partial charge on any atom is 0.391 e. The van der Waals surface area contributed by atoms with Crippen LogP contribution in [0.4, 0.5) is 13.2 Å². The Bertz CT molecular complexity index is 633. The molecule has 2 unspecified atom stereocenters. The van der Waals surface area contributed by atoms with Gasteiger partial charge in [-0.25, -0.2) is 4.79 Å². The molecular formula is C17H21F3N2O4. The predicted octanol–water partition coefficient (Wildman–Crippen LogP) is 1.89. The Balaban J connectivity index is 2.76. The molecule has 0 aromatic heterocycles. The molecule has 144 valence electrons. The molecule has 0 fully saturated rings. The quantitative estimate of drug-likeness (QED) is 0.648. The van der Waals surface area contributed by atoms with E-state index in [0.29, 0.717) is 5.56 Å². The molecule has 0 aliphatic heterocycles. The molecule has 2 atom stereocenters. The molecule has 0 spiro atoms. The number of aliphatic carboxylic acids is 1. The van der Waals surface area contributed by atoms with E-state index in [1.165, 1.54) is 0 Å². The molecule has 9 heteroatoms. The number of hydrogen-bond acceptors (Lipinski definition) is 3. The molecular weight excluding hydrogens is 353 g/mol. The number of benzene rings is 1. The number of carbonyl (C=O) groups excluding carboxylic acids is 2. The lowest BCUT2D eigenvalue weighted by atomic mass is 10.0. The molecule has 1 rings (SSSR count). The van der Waals surface area contributed by atoms with E-state index < -0.39 is 48.4 Å². The van der Waals surface area contributed by atoms with Crippen LogP contribution in [0.25, 0.3) is 0 Å². The van der Waals surface area contributed by atoms with Crippen LogP contribution >= 0.6 is 0 Å². The van der Waals surface area contributed by atoms with Crippen molar-refractivity contribution in [1.82, 2.24) is 10.6 Å². The Hall–Kier alpha value is -2.58. The second-order valence-corrected chi connectivity index (χ2v) is 6.17. The van der Waals surface area contributed by atoms with Crippen molar-refractivity contribution in [3.05, 3.63) is 35.9 Å². The van der Waals surface area contributed by atoms with Crippen molar-refractivity contribution in [2.45, 2.75) is 44.9 Å². The van der Waals surface area contributed by atoms with Gasteiger partial charge in [0.25, 0.3) is 0 Å². The van der Waals surface area contributed by atoms with Gasteiger partial charge in [-0.3, -0.25) is 9.59 Å². The lowest BCUT2D eigenvalue weighted by Gasteiger charge is -2.24. The van der Waals surface area contributed by atoms with Crippen LogP contribution < -0.4 is 10.6 Å². The van der Waals surface area contributed by atoms with Gasteiger partial charge in [-0.1, -0.05) is 44.2 Å². The van der Waals surface area contributed by atoms with E-state index in [1.807, 2.05) is 5.32 Å². The number of halogens is 3. The zero-order chi connectivity index (χ0) is 19.9. The lowest BCUT2D eigenvalue weighted by molar-refractivity contribution is -0.160. The van der Waals surface area contributed by atoms with Gasteiger partial charge in [-0.05, 0) is 11.5 Å². The second-order valence-electron chi connectivity index (χ2n) is 6.17. The number of carboxylic acids is 1. The highest BCUT2D eigenvalue weighted by Gasteiger charge is 2.37. The van der Waals surface area contributed by atoms with Crippen molar-refractivity contribution in [2.75, 3.05) is 0 Å². The fourth-order valence-electron chi connectivity index (χ4n) is 2.23. The molecule has 1 aromatic carbocycles. The molecule has 26 heavy (non-hydrogen) atoms. The zero-order valence-corrected chi connectivity index (χ0v) is 14.3. The van der Waals surface area contributed by atoms with Crippen LogP contribution in [0, 0.1) is 5.92 Å². The van der Waals surface area contributed by atoms with Gasteiger partial charge in [0.1, 0.15) is 12.1 Å². The van der Waals surface area contributed by atoms with Crippen molar-refractivity contribution in [2.24, 2.45) is 5.92 Å². The molecule has 6 nitrogen and oxygen atoms in total. The van der Waals surface area contributed by atoms with Crippen molar-refractivity contribution < 1.29 is 32.7 Å². The molecule has 0 aliphatic rings. The summed E-state index contributed by atoms with van der Waals surface area (Å²) in [5, 5.41) is 13.2. The van der Waals surface area contributed by atoms with Crippen LogP contribution in [0.15, 0.2) is 30.3 Å². The van der Waals surface area contributed by atoms with E-state index in [4.69, 9.17) is 5.11 Å². The van der Waals surface area contributed by atoms with Gasteiger partial charge < -0.3 is 15.7 Å². The number of carbonyl (C=O) groups is 3. The Morgan fingerprint density at radius 1 is 1.08 bits per heavy atom.